The van der Waals surface area contributed by atoms with E-state index in [-0.39, 0.29) is 12.1 Å². The first-order chi connectivity index (χ1) is 9.11. The molecule has 2 unspecified atom stereocenters. The van der Waals surface area contributed by atoms with E-state index < -0.39 is 0 Å². The monoisotopic (exact) mass is 262 g/mol. The standard InChI is InChI=1S/C15H22N2O2/c1-4-13(16)15(14-8-7-11(2)19-14)17(3)10-12-6-5-9-18-12/h5-9,13,15H,4,10,16H2,1-3H3. The third-order valence-electron chi connectivity index (χ3n) is 3.39. The van der Waals surface area contributed by atoms with Gasteiger partial charge in [0, 0.05) is 6.04 Å². The summed E-state index contributed by atoms with van der Waals surface area (Å²) in [4.78, 5) is 2.17. The van der Waals surface area contributed by atoms with Crippen LogP contribution >= 0.6 is 0 Å². The summed E-state index contributed by atoms with van der Waals surface area (Å²) in [6.07, 6.45) is 2.59. The molecule has 0 fully saturated rings. The molecule has 0 aromatic carbocycles. The van der Waals surface area contributed by atoms with Crippen molar-refractivity contribution in [3.05, 3.63) is 47.8 Å². The van der Waals surface area contributed by atoms with Crippen LogP contribution in [0.3, 0.4) is 0 Å². The number of hydrogen-bond donors (Lipinski definition) is 1. The van der Waals surface area contributed by atoms with Crippen LogP contribution in [0.1, 0.15) is 36.7 Å². The summed E-state index contributed by atoms with van der Waals surface area (Å²) in [5.74, 6) is 2.76. The highest BCUT2D eigenvalue weighted by molar-refractivity contribution is 5.12. The molecule has 2 aromatic rings. The van der Waals surface area contributed by atoms with E-state index in [0.29, 0.717) is 6.54 Å². The molecule has 2 rings (SSSR count). The molecule has 0 spiro atoms. The molecular formula is C15H22N2O2. The number of nitrogens with zero attached hydrogens (tertiary/aromatic N) is 1. The van der Waals surface area contributed by atoms with Gasteiger partial charge in [0.05, 0.1) is 18.8 Å². The van der Waals surface area contributed by atoms with Gasteiger partial charge >= 0.3 is 0 Å². The smallest absolute Gasteiger partial charge is 0.122 e. The Hall–Kier alpha value is -1.52. The normalized spacial score (nSPS) is 14.8. The molecule has 104 valence electrons. The molecule has 4 heteroatoms. The van der Waals surface area contributed by atoms with E-state index in [0.717, 1.165) is 23.7 Å². The topological polar surface area (TPSA) is 55.5 Å². The minimum absolute atomic E-state index is 0.0329. The molecular weight excluding hydrogens is 240 g/mol. The molecule has 19 heavy (non-hydrogen) atoms. The Morgan fingerprint density at radius 3 is 2.63 bits per heavy atom. The largest absolute Gasteiger partial charge is 0.468 e. The first-order valence-corrected chi connectivity index (χ1v) is 6.66. The van der Waals surface area contributed by atoms with Crippen LogP contribution in [0.5, 0.6) is 0 Å². The van der Waals surface area contributed by atoms with Crippen LogP contribution in [0.2, 0.25) is 0 Å². The lowest BCUT2D eigenvalue weighted by Gasteiger charge is -2.30. The molecule has 0 saturated carbocycles. The van der Waals surface area contributed by atoms with Crippen molar-refractivity contribution < 1.29 is 8.83 Å². The summed E-state index contributed by atoms with van der Waals surface area (Å²) in [7, 11) is 2.04. The lowest BCUT2D eigenvalue weighted by Crippen LogP contribution is -2.38. The lowest BCUT2D eigenvalue weighted by atomic mass is 10.0. The molecule has 2 aromatic heterocycles. The minimum Gasteiger partial charge on any atom is -0.468 e. The van der Waals surface area contributed by atoms with Crippen LogP contribution in [-0.2, 0) is 6.54 Å². The van der Waals surface area contributed by atoms with E-state index in [9.17, 15) is 0 Å². The van der Waals surface area contributed by atoms with Gasteiger partial charge in [-0.05, 0) is 44.7 Å². The van der Waals surface area contributed by atoms with E-state index in [1.165, 1.54) is 0 Å². The van der Waals surface area contributed by atoms with Crippen molar-refractivity contribution in [2.75, 3.05) is 7.05 Å². The average molecular weight is 262 g/mol. The number of nitrogens with two attached hydrogens (primary N) is 1. The van der Waals surface area contributed by atoms with Gasteiger partial charge in [0.1, 0.15) is 17.3 Å². The van der Waals surface area contributed by atoms with Crippen LogP contribution in [0.15, 0.2) is 39.4 Å². The summed E-state index contributed by atoms with van der Waals surface area (Å²) in [6, 6.07) is 7.95. The Kier molecular flexibility index (Phi) is 4.45. The summed E-state index contributed by atoms with van der Waals surface area (Å²) in [5.41, 5.74) is 6.26. The molecule has 2 N–H and O–H groups in total. The van der Waals surface area contributed by atoms with E-state index in [1.54, 1.807) is 6.26 Å². The third-order valence-corrected chi connectivity index (χ3v) is 3.39. The maximum absolute atomic E-state index is 6.26. The fourth-order valence-electron chi connectivity index (χ4n) is 2.34. The minimum atomic E-state index is 0.0329. The lowest BCUT2D eigenvalue weighted by molar-refractivity contribution is 0.163. The number of aryl methyl sites for hydroxylation is 1. The van der Waals surface area contributed by atoms with Gasteiger partial charge < -0.3 is 14.6 Å². The van der Waals surface area contributed by atoms with Crippen molar-refractivity contribution in [1.82, 2.24) is 4.90 Å². The number of hydrogen-bond acceptors (Lipinski definition) is 4. The molecule has 2 atom stereocenters. The zero-order valence-corrected chi connectivity index (χ0v) is 11.8. The second kappa shape index (κ2) is 6.08. The number of rotatable bonds is 6. The molecule has 0 amide bonds. The summed E-state index contributed by atoms with van der Waals surface area (Å²) < 4.78 is 11.2. The van der Waals surface area contributed by atoms with E-state index in [4.69, 9.17) is 14.6 Å². The van der Waals surface area contributed by atoms with E-state index in [1.807, 2.05) is 38.2 Å². The fourth-order valence-corrected chi connectivity index (χ4v) is 2.34. The molecule has 0 saturated heterocycles. The van der Waals surface area contributed by atoms with Crippen LogP contribution in [0.25, 0.3) is 0 Å². The van der Waals surface area contributed by atoms with Crippen molar-refractivity contribution in [3.8, 4) is 0 Å². The maximum atomic E-state index is 6.26. The van der Waals surface area contributed by atoms with Crippen LogP contribution in [-0.4, -0.2) is 18.0 Å². The highest BCUT2D eigenvalue weighted by atomic mass is 16.3. The molecule has 4 nitrogen and oxygen atoms in total. The zero-order chi connectivity index (χ0) is 13.8. The SMILES string of the molecule is CCC(N)C(c1ccc(C)o1)N(C)Cc1ccco1. The van der Waals surface area contributed by atoms with E-state index in [2.05, 4.69) is 11.8 Å². The predicted molar refractivity (Wildman–Crippen MR) is 74.6 cm³/mol. The first kappa shape index (κ1) is 13.9. The molecule has 0 aliphatic rings. The van der Waals surface area contributed by atoms with E-state index >= 15 is 0 Å². The summed E-state index contributed by atoms with van der Waals surface area (Å²) in [5, 5.41) is 0. The Labute approximate surface area is 114 Å². The first-order valence-electron chi connectivity index (χ1n) is 6.66. The highest BCUT2D eigenvalue weighted by Crippen LogP contribution is 2.27. The van der Waals surface area contributed by atoms with Gasteiger partial charge in [-0.2, -0.15) is 0 Å². The van der Waals surface area contributed by atoms with Gasteiger partial charge in [-0.1, -0.05) is 6.92 Å². The van der Waals surface area contributed by atoms with Gasteiger partial charge in [0.2, 0.25) is 0 Å². The second-order valence-electron chi connectivity index (χ2n) is 4.96. The van der Waals surface area contributed by atoms with Crippen molar-refractivity contribution in [1.29, 1.82) is 0 Å². The molecule has 0 radical (unpaired) electrons. The Morgan fingerprint density at radius 2 is 2.11 bits per heavy atom. The van der Waals surface area contributed by atoms with Gasteiger partial charge in [0.15, 0.2) is 0 Å². The Morgan fingerprint density at radius 1 is 1.32 bits per heavy atom. The molecule has 2 heterocycles. The van der Waals surface area contributed by atoms with Crippen molar-refractivity contribution in [2.45, 2.75) is 38.9 Å². The molecule has 0 bridgehead atoms. The fraction of sp³-hybridized carbons (Fsp3) is 0.467. The van der Waals surface area contributed by atoms with Gasteiger partial charge in [-0.3, -0.25) is 4.90 Å². The summed E-state index contributed by atoms with van der Waals surface area (Å²) >= 11 is 0. The Balaban J connectivity index is 2.17. The highest BCUT2D eigenvalue weighted by Gasteiger charge is 2.26. The summed E-state index contributed by atoms with van der Waals surface area (Å²) in [6.45, 7) is 4.75. The predicted octanol–water partition coefficient (Wildman–Crippen LogP) is 3.09. The average Bonchev–Trinajstić information content (AvgIpc) is 3.01. The molecule has 0 aliphatic heterocycles. The number of furan rings is 2. The molecule has 0 aliphatic carbocycles. The maximum Gasteiger partial charge on any atom is 0.122 e. The van der Waals surface area contributed by atoms with Gasteiger partial charge in [-0.25, -0.2) is 0 Å². The second-order valence-corrected chi connectivity index (χ2v) is 4.96. The van der Waals surface area contributed by atoms with Gasteiger partial charge in [-0.15, -0.1) is 0 Å². The van der Waals surface area contributed by atoms with Crippen molar-refractivity contribution >= 4 is 0 Å². The quantitative estimate of drug-likeness (QED) is 0.869. The Bertz CT molecular complexity index is 490. The van der Waals surface area contributed by atoms with Gasteiger partial charge in [0.25, 0.3) is 0 Å². The van der Waals surface area contributed by atoms with Crippen LogP contribution in [0.4, 0.5) is 0 Å². The zero-order valence-electron chi connectivity index (χ0n) is 11.8. The van der Waals surface area contributed by atoms with Crippen LogP contribution < -0.4 is 5.73 Å². The van der Waals surface area contributed by atoms with Crippen molar-refractivity contribution in [2.24, 2.45) is 5.73 Å². The van der Waals surface area contributed by atoms with Crippen LogP contribution in [0, 0.1) is 6.92 Å². The van der Waals surface area contributed by atoms with Crippen molar-refractivity contribution in [3.63, 3.8) is 0 Å². The number of likely N-dealkylation sites (N-methyl/N-ethyl adjacent to an activating group) is 1. The third kappa shape index (κ3) is 3.28.